The first kappa shape index (κ1) is 18.7. The van der Waals surface area contributed by atoms with Crippen molar-refractivity contribution < 1.29 is 13.9 Å². The van der Waals surface area contributed by atoms with Crippen molar-refractivity contribution in [3.63, 3.8) is 0 Å². The Bertz CT molecular complexity index is 1360. The minimum atomic E-state index is -0.406. The monoisotopic (exact) mass is 405 g/mol. The fourth-order valence-electron chi connectivity index (χ4n) is 3.41. The SMILES string of the molecule is COC(=O)c1ccc2oc3ncnc(Nc4cccc5ccccc45)c3c2c1.Cl. The highest BCUT2D eigenvalue weighted by molar-refractivity contribution is 6.12. The van der Waals surface area contributed by atoms with E-state index in [9.17, 15) is 4.79 Å². The third-order valence-corrected chi connectivity index (χ3v) is 4.73. The van der Waals surface area contributed by atoms with Crippen molar-refractivity contribution in [1.82, 2.24) is 9.97 Å². The minimum Gasteiger partial charge on any atom is -0.465 e. The number of nitrogens with one attached hydrogen (secondary N) is 1. The summed E-state index contributed by atoms with van der Waals surface area (Å²) in [6.07, 6.45) is 1.46. The number of ether oxygens (including phenoxy) is 1. The Kier molecular flexibility index (Phi) is 4.78. The second-order valence-electron chi connectivity index (χ2n) is 6.36. The number of carbonyl (C=O) groups is 1. The number of anilines is 2. The first-order valence-corrected chi connectivity index (χ1v) is 8.75. The van der Waals surface area contributed by atoms with E-state index >= 15 is 0 Å². The largest absolute Gasteiger partial charge is 0.465 e. The van der Waals surface area contributed by atoms with E-state index < -0.39 is 5.97 Å². The van der Waals surface area contributed by atoms with E-state index in [4.69, 9.17) is 9.15 Å². The van der Waals surface area contributed by atoms with Crippen LogP contribution in [0, 0.1) is 0 Å². The lowest BCUT2D eigenvalue weighted by molar-refractivity contribution is 0.0601. The normalized spacial score (nSPS) is 10.8. The van der Waals surface area contributed by atoms with Crippen molar-refractivity contribution >= 4 is 62.7 Å². The van der Waals surface area contributed by atoms with Gasteiger partial charge < -0.3 is 14.5 Å². The molecule has 0 spiro atoms. The zero-order valence-electron chi connectivity index (χ0n) is 15.4. The average Bonchev–Trinajstić information content (AvgIpc) is 3.12. The number of methoxy groups -OCH3 is 1. The molecule has 0 aliphatic rings. The number of carbonyl (C=O) groups excluding carboxylic acids is 1. The van der Waals surface area contributed by atoms with Gasteiger partial charge in [-0.15, -0.1) is 12.4 Å². The molecular formula is C22H16ClN3O3. The van der Waals surface area contributed by atoms with Crippen molar-refractivity contribution in [1.29, 1.82) is 0 Å². The van der Waals surface area contributed by atoms with Crippen LogP contribution in [-0.4, -0.2) is 23.0 Å². The summed E-state index contributed by atoms with van der Waals surface area (Å²) < 4.78 is 10.7. The molecule has 2 heterocycles. The van der Waals surface area contributed by atoms with Crippen molar-refractivity contribution in [3.05, 3.63) is 72.6 Å². The molecular weight excluding hydrogens is 390 g/mol. The molecule has 0 bridgehead atoms. The van der Waals surface area contributed by atoms with Gasteiger partial charge in [-0.1, -0.05) is 36.4 Å². The molecule has 0 atom stereocenters. The highest BCUT2D eigenvalue weighted by Crippen LogP contribution is 2.35. The van der Waals surface area contributed by atoms with Gasteiger partial charge in [0, 0.05) is 16.5 Å². The molecule has 1 N–H and O–H groups in total. The van der Waals surface area contributed by atoms with Crippen LogP contribution in [0.4, 0.5) is 11.5 Å². The van der Waals surface area contributed by atoms with Crippen molar-refractivity contribution in [2.24, 2.45) is 0 Å². The predicted molar refractivity (Wildman–Crippen MR) is 115 cm³/mol. The van der Waals surface area contributed by atoms with Crippen molar-refractivity contribution in [2.45, 2.75) is 0 Å². The van der Waals surface area contributed by atoms with E-state index in [0.717, 1.165) is 27.2 Å². The number of rotatable bonds is 3. The predicted octanol–water partition coefficient (Wildman–Crippen LogP) is 5.48. The molecule has 0 aliphatic carbocycles. The van der Waals surface area contributed by atoms with E-state index in [2.05, 4.69) is 33.5 Å². The van der Waals surface area contributed by atoms with Crippen LogP contribution >= 0.6 is 12.4 Å². The van der Waals surface area contributed by atoms with Gasteiger partial charge in [0.25, 0.3) is 0 Å². The summed E-state index contributed by atoms with van der Waals surface area (Å²) in [7, 11) is 1.36. The fraction of sp³-hybridized carbons (Fsp3) is 0.0455. The molecule has 0 amide bonds. The van der Waals surface area contributed by atoms with Crippen LogP contribution in [0.15, 0.2) is 71.4 Å². The van der Waals surface area contributed by atoms with Crippen LogP contribution in [0.5, 0.6) is 0 Å². The quantitative estimate of drug-likeness (QED) is 0.400. The Morgan fingerprint density at radius 2 is 1.83 bits per heavy atom. The minimum absolute atomic E-state index is 0. The first-order valence-electron chi connectivity index (χ1n) is 8.75. The summed E-state index contributed by atoms with van der Waals surface area (Å²) in [5.74, 6) is 0.207. The number of fused-ring (bicyclic) bond motifs is 4. The standard InChI is InChI=1S/C22H15N3O3.ClH/c1-27-22(26)14-9-10-18-16(11-14)19-20(23-12-24-21(19)28-18)25-17-8-4-6-13-5-2-3-7-15(13)17;/h2-12H,1H3,(H,23,24,25);1H. The van der Waals surface area contributed by atoms with Crippen LogP contribution in [0.1, 0.15) is 10.4 Å². The molecule has 144 valence electrons. The van der Waals surface area contributed by atoms with Crippen molar-refractivity contribution in [2.75, 3.05) is 12.4 Å². The lowest BCUT2D eigenvalue weighted by atomic mass is 10.1. The van der Waals surface area contributed by atoms with E-state index in [1.165, 1.54) is 13.4 Å². The molecule has 0 unspecified atom stereocenters. The second kappa shape index (κ2) is 7.41. The smallest absolute Gasteiger partial charge is 0.337 e. The lowest BCUT2D eigenvalue weighted by Crippen LogP contribution is -2.00. The molecule has 0 saturated carbocycles. The zero-order chi connectivity index (χ0) is 19.1. The molecule has 3 aromatic carbocycles. The molecule has 0 saturated heterocycles. The third-order valence-electron chi connectivity index (χ3n) is 4.73. The number of hydrogen-bond acceptors (Lipinski definition) is 6. The number of hydrogen-bond donors (Lipinski definition) is 1. The summed E-state index contributed by atoms with van der Waals surface area (Å²) in [6, 6.07) is 19.3. The Morgan fingerprint density at radius 3 is 2.69 bits per heavy atom. The maximum atomic E-state index is 11.9. The van der Waals surface area contributed by atoms with E-state index in [0.29, 0.717) is 22.7 Å². The maximum absolute atomic E-state index is 11.9. The summed E-state index contributed by atoms with van der Waals surface area (Å²) in [5, 5.41) is 7.08. The molecule has 0 fully saturated rings. The number of halogens is 1. The molecule has 5 rings (SSSR count). The lowest BCUT2D eigenvalue weighted by Gasteiger charge is -2.09. The average molecular weight is 406 g/mol. The number of benzene rings is 3. The highest BCUT2D eigenvalue weighted by atomic mass is 35.5. The Hall–Kier alpha value is -3.64. The Balaban J connectivity index is 0.00000205. The van der Waals surface area contributed by atoms with Gasteiger partial charge >= 0.3 is 5.97 Å². The summed E-state index contributed by atoms with van der Waals surface area (Å²) in [4.78, 5) is 20.6. The number of nitrogens with zero attached hydrogens (tertiary/aromatic N) is 2. The topological polar surface area (TPSA) is 77.2 Å². The van der Waals surface area contributed by atoms with Gasteiger partial charge in [0.1, 0.15) is 17.7 Å². The van der Waals surface area contributed by atoms with Gasteiger partial charge in [0.2, 0.25) is 5.71 Å². The van der Waals surface area contributed by atoms with Crippen molar-refractivity contribution in [3.8, 4) is 0 Å². The van der Waals surface area contributed by atoms with Crippen LogP contribution in [0.25, 0.3) is 32.8 Å². The zero-order valence-corrected chi connectivity index (χ0v) is 16.2. The van der Waals surface area contributed by atoms with Gasteiger partial charge in [-0.25, -0.2) is 14.8 Å². The number of aromatic nitrogens is 2. The maximum Gasteiger partial charge on any atom is 0.337 e. The molecule has 0 radical (unpaired) electrons. The number of furan rings is 1. The first-order chi connectivity index (χ1) is 13.7. The van der Waals surface area contributed by atoms with E-state index in [1.807, 2.05) is 24.3 Å². The summed E-state index contributed by atoms with van der Waals surface area (Å²) in [5.41, 5.74) is 2.45. The van der Waals surface area contributed by atoms with Crippen LogP contribution in [0.2, 0.25) is 0 Å². The summed E-state index contributed by atoms with van der Waals surface area (Å²) >= 11 is 0. The second-order valence-corrected chi connectivity index (χ2v) is 6.36. The number of esters is 1. The van der Waals surface area contributed by atoms with Gasteiger partial charge in [-0.2, -0.15) is 0 Å². The van der Waals surface area contributed by atoms with Crippen LogP contribution in [-0.2, 0) is 4.74 Å². The van der Waals surface area contributed by atoms with E-state index in [-0.39, 0.29) is 12.4 Å². The van der Waals surface area contributed by atoms with E-state index in [1.54, 1.807) is 18.2 Å². The highest BCUT2D eigenvalue weighted by Gasteiger charge is 2.16. The molecule has 29 heavy (non-hydrogen) atoms. The Morgan fingerprint density at radius 1 is 1.00 bits per heavy atom. The molecule has 7 heteroatoms. The van der Waals surface area contributed by atoms with Gasteiger partial charge in [0.15, 0.2) is 0 Å². The van der Waals surface area contributed by atoms with Gasteiger partial charge in [0.05, 0.1) is 18.1 Å². The fourth-order valence-corrected chi connectivity index (χ4v) is 3.41. The summed E-state index contributed by atoms with van der Waals surface area (Å²) in [6.45, 7) is 0. The van der Waals surface area contributed by atoms with Crippen LogP contribution in [0.3, 0.4) is 0 Å². The van der Waals surface area contributed by atoms with Crippen LogP contribution < -0.4 is 5.32 Å². The third kappa shape index (κ3) is 3.13. The van der Waals surface area contributed by atoms with Gasteiger partial charge in [-0.05, 0) is 29.7 Å². The Labute approximate surface area is 171 Å². The molecule has 6 nitrogen and oxygen atoms in total. The molecule has 5 aromatic rings. The van der Waals surface area contributed by atoms with Gasteiger partial charge in [-0.3, -0.25) is 0 Å². The molecule has 0 aliphatic heterocycles. The molecule has 2 aromatic heterocycles.